The monoisotopic (exact) mass is 419 g/mol. The Balaban J connectivity index is 1.73. The first kappa shape index (κ1) is 21.1. The highest BCUT2D eigenvalue weighted by molar-refractivity contribution is 7.91. The van der Waals surface area contributed by atoms with Crippen LogP contribution in [0, 0.1) is 0 Å². The third-order valence-corrected chi connectivity index (χ3v) is 7.15. The van der Waals surface area contributed by atoms with Crippen LogP contribution in [0.5, 0.6) is 5.75 Å². The van der Waals surface area contributed by atoms with E-state index in [1.807, 2.05) is 26.0 Å². The number of hydrogen-bond donors (Lipinski definition) is 1. The number of fused-ring (bicyclic) bond motifs is 1. The number of phenolic OH excluding ortho intramolecular Hbond substituents is 1. The molecule has 0 spiro atoms. The van der Waals surface area contributed by atoms with E-state index >= 15 is 0 Å². The average molecular weight is 419 g/mol. The number of carbonyl (C=O) groups excluding carboxylic acids is 2. The number of esters is 1. The summed E-state index contributed by atoms with van der Waals surface area (Å²) >= 11 is 0. The van der Waals surface area contributed by atoms with Crippen LogP contribution in [0.1, 0.15) is 37.0 Å². The van der Waals surface area contributed by atoms with Gasteiger partial charge in [-0.05, 0) is 31.2 Å². The van der Waals surface area contributed by atoms with Gasteiger partial charge in [0.05, 0.1) is 11.5 Å². The minimum atomic E-state index is -3.15. The number of aromatic hydroxyl groups is 1. The molecule has 0 aromatic heterocycles. The zero-order valence-electron chi connectivity index (χ0n) is 16.5. The number of carbonyl (C=O) groups is 2. The number of rotatable bonds is 6. The molecule has 3 rings (SSSR count). The van der Waals surface area contributed by atoms with Crippen LogP contribution in [0.2, 0.25) is 0 Å². The molecular weight excluding hydrogens is 394 g/mol. The standard InChI is InChI=1S/C21H25NO6S/c1-3-14(2)22(16-10-11-29(26,27)13-16)19(23)12-28-21(25)18-9-8-15-6-4-5-7-17(15)20(18)24/h4-9,14,16,24H,3,10-13H2,1-2H3/t14-,16+/m0/s1. The molecule has 1 aliphatic rings. The smallest absolute Gasteiger partial charge is 0.342 e. The van der Waals surface area contributed by atoms with Crippen LogP contribution in [-0.2, 0) is 19.4 Å². The van der Waals surface area contributed by atoms with Gasteiger partial charge in [-0.1, -0.05) is 37.3 Å². The van der Waals surface area contributed by atoms with Gasteiger partial charge in [-0.3, -0.25) is 4.79 Å². The molecule has 29 heavy (non-hydrogen) atoms. The van der Waals surface area contributed by atoms with E-state index in [-0.39, 0.29) is 28.9 Å². The number of sulfone groups is 1. The summed E-state index contributed by atoms with van der Waals surface area (Å²) in [6, 6.07) is 9.66. The van der Waals surface area contributed by atoms with Crippen LogP contribution < -0.4 is 0 Å². The number of benzene rings is 2. The third-order valence-electron chi connectivity index (χ3n) is 5.40. The zero-order valence-corrected chi connectivity index (χ0v) is 17.3. The van der Waals surface area contributed by atoms with Crippen LogP contribution >= 0.6 is 0 Å². The van der Waals surface area contributed by atoms with Crippen LogP contribution in [0.15, 0.2) is 36.4 Å². The Kier molecular flexibility index (Phi) is 6.12. The van der Waals surface area contributed by atoms with Crippen molar-refractivity contribution in [3.63, 3.8) is 0 Å². The lowest BCUT2D eigenvalue weighted by atomic mass is 10.1. The van der Waals surface area contributed by atoms with E-state index in [0.717, 1.165) is 5.39 Å². The minimum Gasteiger partial charge on any atom is -0.506 e. The molecule has 2 aromatic carbocycles. The first-order valence-corrected chi connectivity index (χ1v) is 11.4. The average Bonchev–Trinajstić information content (AvgIpc) is 3.05. The van der Waals surface area contributed by atoms with Crippen molar-refractivity contribution in [2.75, 3.05) is 18.1 Å². The predicted molar refractivity (Wildman–Crippen MR) is 110 cm³/mol. The summed E-state index contributed by atoms with van der Waals surface area (Å²) in [5.74, 6) is -1.44. The molecule has 1 fully saturated rings. The quantitative estimate of drug-likeness (QED) is 0.722. The molecule has 0 bridgehead atoms. The van der Waals surface area contributed by atoms with Gasteiger partial charge < -0.3 is 14.7 Å². The molecule has 2 atom stereocenters. The van der Waals surface area contributed by atoms with Crippen LogP contribution in [-0.4, -0.2) is 60.5 Å². The molecule has 1 N–H and O–H groups in total. The van der Waals surface area contributed by atoms with Crippen molar-refractivity contribution in [3.8, 4) is 5.75 Å². The lowest BCUT2D eigenvalue weighted by Crippen LogP contribution is -2.48. The van der Waals surface area contributed by atoms with Crippen molar-refractivity contribution in [2.45, 2.75) is 38.8 Å². The first-order chi connectivity index (χ1) is 13.7. The molecule has 2 aromatic rings. The molecule has 0 radical (unpaired) electrons. The largest absolute Gasteiger partial charge is 0.506 e. The summed E-state index contributed by atoms with van der Waals surface area (Å²) < 4.78 is 28.8. The molecule has 1 saturated heterocycles. The Morgan fingerprint density at radius 1 is 1.24 bits per heavy atom. The molecular formula is C21H25NO6S. The van der Waals surface area contributed by atoms with E-state index in [2.05, 4.69) is 0 Å². The van der Waals surface area contributed by atoms with E-state index < -0.39 is 34.4 Å². The first-order valence-electron chi connectivity index (χ1n) is 9.63. The second-order valence-corrected chi connectivity index (χ2v) is 9.60. The zero-order chi connectivity index (χ0) is 21.2. The maximum absolute atomic E-state index is 12.8. The Hall–Kier alpha value is -2.61. The predicted octanol–water partition coefficient (Wildman–Crippen LogP) is 2.52. The highest BCUT2D eigenvalue weighted by Gasteiger charge is 2.36. The van der Waals surface area contributed by atoms with Crippen molar-refractivity contribution in [1.82, 2.24) is 4.90 Å². The molecule has 7 nitrogen and oxygen atoms in total. The number of phenols is 1. The van der Waals surface area contributed by atoms with Gasteiger partial charge in [0, 0.05) is 17.5 Å². The van der Waals surface area contributed by atoms with E-state index in [1.165, 1.54) is 11.0 Å². The fraction of sp³-hybridized carbons (Fsp3) is 0.429. The minimum absolute atomic E-state index is 0.0185. The van der Waals surface area contributed by atoms with Gasteiger partial charge in [0.2, 0.25) is 0 Å². The summed E-state index contributed by atoms with van der Waals surface area (Å²) in [5, 5.41) is 11.7. The van der Waals surface area contributed by atoms with Gasteiger partial charge in [0.25, 0.3) is 5.91 Å². The fourth-order valence-electron chi connectivity index (χ4n) is 3.70. The number of nitrogens with zero attached hydrogens (tertiary/aromatic N) is 1. The van der Waals surface area contributed by atoms with E-state index in [4.69, 9.17) is 4.74 Å². The summed E-state index contributed by atoms with van der Waals surface area (Å²) in [6.07, 6.45) is 1.04. The number of ether oxygens (including phenoxy) is 1. The number of amides is 1. The highest BCUT2D eigenvalue weighted by atomic mass is 32.2. The van der Waals surface area contributed by atoms with Gasteiger partial charge in [-0.25, -0.2) is 13.2 Å². The summed E-state index contributed by atoms with van der Waals surface area (Å²) in [5.41, 5.74) is -0.0185. The third kappa shape index (κ3) is 4.53. The van der Waals surface area contributed by atoms with Gasteiger partial charge in [-0.15, -0.1) is 0 Å². The molecule has 0 unspecified atom stereocenters. The van der Waals surface area contributed by atoms with E-state index in [0.29, 0.717) is 18.2 Å². The molecule has 0 aliphatic carbocycles. The van der Waals surface area contributed by atoms with Crippen molar-refractivity contribution < 1.29 is 27.9 Å². The van der Waals surface area contributed by atoms with Gasteiger partial charge in [-0.2, -0.15) is 0 Å². The topological polar surface area (TPSA) is 101 Å². The van der Waals surface area contributed by atoms with Gasteiger partial charge in [0.1, 0.15) is 11.3 Å². The van der Waals surface area contributed by atoms with Gasteiger partial charge >= 0.3 is 5.97 Å². The fourth-order valence-corrected chi connectivity index (χ4v) is 5.41. The Labute approximate surface area is 170 Å². The maximum Gasteiger partial charge on any atom is 0.342 e. The SMILES string of the molecule is CC[C@H](C)N(C(=O)COC(=O)c1ccc2ccccc2c1O)[C@@H]1CCS(=O)(=O)C1. The normalized spacial score (nSPS) is 19.0. The van der Waals surface area contributed by atoms with Crippen molar-refractivity contribution >= 4 is 32.5 Å². The number of hydrogen-bond acceptors (Lipinski definition) is 6. The molecule has 1 heterocycles. The summed E-state index contributed by atoms with van der Waals surface area (Å²) in [4.78, 5) is 26.7. The molecule has 1 aliphatic heterocycles. The summed E-state index contributed by atoms with van der Waals surface area (Å²) in [7, 11) is -3.15. The Bertz CT molecular complexity index is 1030. The van der Waals surface area contributed by atoms with Crippen LogP contribution in [0.3, 0.4) is 0 Å². The maximum atomic E-state index is 12.8. The van der Waals surface area contributed by atoms with Gasteiger partial charge in [0.15, 0.2) is 16.4 Å². The van der Waals surface area contributed by atoms with Crippen molar-refractivity contribution in [2.24, 2.45) is 0 Å². The van der Waals surface area contributed by atoms with Crippen molar-refractivity contribution in [1.29, 1.82) is 0 Å². The highest BCUT2D eigenvalue weighted by Crippen LogP contribution is 2.29. The second-order valence-electron chi connectivity index (χ2n) is 7.37. The lowest BCUT2D eigenvalue weighted by Gasteiger charge is -2.33. The molecule has 8 heteroatoms. The lowest BCUT2D eigenvalue weighted by molar-refractivity contribution is -0.138. The summed E-state index contributed by atoms with van der Waals surface area (Å²) in [6.45, 7) is 3.25. The van der Waals surface area contributed by atoms with Crippen LogP contribution in [0.4, 0.5) is 0 Å². The Morgan fingerprint density at radius 3 is 2.62 bits per heavy atom. The molecule has 156 valence electrons. The molecule has 1 amide bonds. The van der Waals surface area contributed by atoms with Crippen LogP contribution in [0.25, 0.3) is 10.8 Å². The molecule has 0 saturated carbocycles. The second kappa shape index (κ2) is 8.41. The van der Waals surface area contributed by atoms with E-state index in [9.17, 15) is 23.1 Å². The van der Waals surface area contributed by atoms with E-state index in [1.54, 1.807) is 18.2 Å². The Morgan fingerprint density at radius 2 is 1.97 bits per heavy atom. The van der Waals surface area contributed by atoms with Crippen molar-refractivity contribution in [3.05, 3.63) is 42.0 Å².